The molecule has 0 aromatic heterocycles. The van der Waals surface area contributed by atoms with Crippen molar-refractivity contribution in [2.24, 2.45) is 0 Å². The summed E-state index contributed by atoms with van der Waals surface area (Å²) in [6.07, 6.45) is 1.57. The molecule has 3 aromatic rings. The number of benzene rings is 3. The van der Waals surface area contributed by atoms with Gasteiger partial charge in [-0.05, 0) is 53.6 Å². The van der Waals surface area contributed by atoms with Gasteiger partial charge < -0.3 is 9.47 Å². The molecule has 0 spiro atoms. The Labute approximate surface area is 154 Å². The quantitative estimate of drug-likeness (QED) is 0.600. The van der Waals surface area contributed by atoms with Crippen LogP contribution in [0.2, 0.25) is 0 Å². The highest BCUT2D eigenvalue weighted by molar-refractivity contribution is 6.14. The summed E-state index contributed by atoms with van der Waals surface area (Å²) in [7, 11) is 0. The fraction of sp³-hybridized carbons (Fsp3) is 0.0455. The summed E-state index contributed by atoms with van der Waals surface area (Å²) < 4.78 is 37.3. The lowest BCUT2D eigenvalue weighted by atomic mass is 10.1. The molecule has 1 aliphatic rings. The molecule has 1 heterocycles. The van der Waals surface area contributed by atoms with E-state index in [0.717, 1.165) is 5.56 Å². The highest BCUT2D eigenvalue weighted by Gasteiger charge is 2.27. The van der Waals surface area contributed by atoms with E-state index < -0.39 is 0 Å². The average molecular weight is 364 g/mol. The van der Waals surface area contributed by atoms with E-state index in [9.17, 15) is 13.6 Å². The number of ketones is 1. The minimum Gasteiger partial charge on any atom is -0.489 e. The van der Waals surface area contributed by atoms with Crippen LogP contribution in [0, 0.1) is 11.6 Å². The third kappa shape index (κ3) is 3.72. The molecular weight excluding hydrogens is 350 g/mol. The molecule has 134 valence electrons. The molecule has 0 unspecified atom stereocenters. The van der Waals surface area contributed by atoms with Crippen LogP contribution < -0.4 is 9.47 Å². The van der Waals surface area contributed by atoms with Gasteiger partial charge in [0.1, 0.15) is 29.7 Å². The molecule has 3 nitrogen and oxygen atoms in total. The van der Waals surface area contributed by atoms with E-state index in [2.05, 4.69) is 0 Å². The van der Waals surface area contributed by atoms with Crippen molar-refractivity contribution < 1.29 is 23.0 Å². The second kappa shape index (κ2) is 7.03. The van der Waals surface area contributed by atoms with Gasteiger partial charge in [-0.2, -0.15) is 0 Å². The molecule has 0 aliphatic carbocycles. The number of ether oxygens (including phenoxy) is 2. The summed E-state index contributed by atoms with van der Waals surface area (Å²) in [4.78, 5) is 12.4. The molecule has 0 saturated heterocycles. The normalized spacial score (nSPS) is 14.1. The fourth-order valence-electron chi connectivity index (χ4n) is 2.71. The number of fused-ring (bicyclic) bond motifs is 1. The Bertz CT molecular complexity index is 1020. The van der Waals surface area contributed by atoms with Crippen molar-refractivity contribution in [1.29, 1.82) is 0 Å². The van der Waals surface area contributed by atoms with Crippen LogP contribution in [0.5, 0.6) is 11.5 Å². The first-order valence-electron chi connectivity index (χ1n) is 8.29. The first-order valence-corrected chi connectivity index (χ1v) is 8.29. The lowest BCUT2D eigenvalue weighted by Gasteiger charge is -2.07. The number of allylic oxidation sites excluding steroid dienone is 1. The Morgan fingerprint density at radius 1 is 0.889 bits per heavy atom. The van der Waals surface area contributed by atoms with E-state index in [1.807, 2.05) is 0 Å². The number of hydrogen-bond donors (Lipinski definition) is 0. The fourth-order valence-corrected chi connectivity index (χ4v) is 2.71. The molecule has 4 rings (SSSR count). The molecule has 5 heteroatoms. The van der Waals surface area contributed by atoms with Gasteiger partial charge in [-0.1, -0.05) is 24.3 Å². The maximum Gasteiger partial charge on any atom is 0.231 e. The molecular formula is C22H14F2O3. The van der Waals surface area contributed by atoms with Crippen molar-refractivity contribution in [2.45, 2.75) is 6.61 Å². The van der Waals surface area contributed by atoms with E-state index in [4.69, 9.17) is 9.47 Å². The molecule has 0 radical (unpaired) electrons. The summed E-state index contributed by atoms with van der Waals surface area (Å²) in [6, 6.07) is 16.8. The van der Waals surface area contributed by atoms with Gasteiger partial charge in [0.25, 0.3) is 0 Å². The summed E-state index contributed by atoms with van der Waals surface area (Å²) >= 11 is 0. The van der Waals surface area contributed by atoms with Crippen LogP contribution in [0.25, 0.3) is 6.08 Å². The maximum absolute atomic E-state index is 13.0. The van der Waals surface area contributed by atoms with Gasteiger partial charge in [-0.3, -0.25) is 4.79 Å². The Morgan fingerprint density at radius 2 is 1.56 bits per heavy atom. The lowest BCUT2D eigenvalue weighted by molar-refractivity contribution is 0.101. The van der Waals surface area contributed by atoms with Crippen LogP contribution in [0.1, 0.15) is 21.5 Å². The Hall–Kier alpha value is -3.47. The van der Waals surface area contributed by atoms with Gasteiger partial charge in [-0.25, -0.2) is 8.78 Å². The van der Waals surface area contributed by atoms with Crippen LogP contribution in [0.3, 0.4) is 0 Å². The number of rotatable bonds is 4. The zero-order valence-corrected chi connectivity index (χ0v) is 14.1. The molecule has 27 heavy (non-hydrogen) atoms. The number of carbonyl (C=O) groups excluding carboxylic acids is 1. The van der Waals surface area contributed by atoms with Gasteiger partial charge in [-0.15, -0.1) is 0 Å². The van der Waals surface area contributed by atoms with Crippen LogP contribution in [0.4, 0.5) is 8.78 Å². The molecule has 0 bridgehead atoms. The number of hydrogen-bond acceptors (Lipinski definition) is 3. The van der Waals surface area contributed by atoms with Gasteiger partial charge in [0.2, 0.25) is 5.78 Å². The average Bonchev–Trinajstić information content (AvgIpc) is 2.98. The molecule has 0 atom stereocenters. The zero-order valence-electron chi connectivity index (χ0n) is 14.1. The van der Waals surface area contributed by atoms with Gasteiger partial charge in [0.15, 0.2) is 5.76 Å². The Balaban J connectivity index is 1.50. The monoisotopic (exact) mass is 364 g/mol. The molecule has 0 amide bonds. The maximum atomic E-state index is 13.0. The van der Waals surface area contributed by atoms with E-state index in [-0.39, 0.29) is 29.8 Å². The van der Waals surface area contributed by atoms with E-state index in [0.29, 0.717) is 22.6 Å². The van der Waals surface area contributed by atoms with Gasteiger partial charge in [0, 0.05) is 6.07 Å². The van der Waals surface area contributed by atoms with Crippen molar-refractivity contribution in [3.05, 3.63) is 101 Å². The van der Waals surface area contributed by atoms with Crippen molar-refractivity contribution in [2.75, 3.05) is 0 Å². The predicted molar refractivity (Wildman–Crippen MR) is 96.5 cm³/mol. The predicted octanol–water partition coefficient (Wildman–Crippen LogP) is 5.16. The minimum atomic E-state index is -0.345. The molecule has 0 fully saturated rings. The number of Topliss-reactive ketones (excluding diaryl/α,β-unsaturated/α-hetero) is 1. The minimum absolute atomic E-state index is 0.173. The van der Waals surface area contributed by atoms with Crippen LogP contribution in [-0.2, 0) is 6.61 Å². The van der Waals surface area contributed by atoms with E-state index >= 15 is 0 Å². The van der Waals surface area contributed by atoms with Gasteiger partial charge >= 0.3 is 0 Å². The van der Waals surface area contributed by atoms with E-state index in [1.165, 1.54) is 24.3 Å². The molecule has 0 N–H and O–H groups in total. The summed E-state index contributed by atoms with van der Waals surface area (Å²) in [5.74, 6) is 0.233. The Kier molecular flexibility index (Phi) is 4.42. The molecule has 0 saturated carbocycles. The van der Waals surface area contributed by atoms with Crippen molar-refractivity contribution in [1.82, 2.24) is 0 Å². The van der Waals surface area contributed by atoms with E-state index in [1.54, 1.807) is 48.5 Å². The third-order valence-corrected chi connectivity index (χ3v) is 4.13. The summed E-state index contributed by atoms with van der Waals surface area (Å²) in [6.45, 7) is 0.269. The number of halogens is 2. The lowest BCUT2D eigenvalue weighted by Crippen LogP contribution is -1.98. The Morgan fingerprint density at radius 3 is 2.26 bits per heavy atom. The third-order valence-electron chi connectivity index (χ3n) is 4.13. The first-order chi connectivity index (χ1) is 13.1. The summed E-state index contributed by atoms with van der Waals surface area (Å²) in [5.41, 5.74) is 1.93. The number of carbonyl (C=O) groups is 1. The smallest absolute Gasteiger partial charge is 0.231 e. The topological polar surface area (TPSA) is 35.5 Å². The van der Waals surface area contributed by atoms with Crippen molar-refractivity contribution in [3.63, 3.8) is 0 Å². The van der Waals surface area contributed by atoms with Crippen molar-refractivity contribution in [3.8, 4) is 11.5 Å². The highest BCUT2D eigenvalue weighted by atomic mass is 19.1. The second-order valence-electron chi connectivity index (χ2n) is 6.06. The highest BCUT2D eigenvalue weighted by Crippen LogP contribution is 2.35. The van der Waals surface area contributed by atoms with Crippen LogP contribution in [0.15, 0.2) is 72.5 Å². The van der Waals surface area contributed by atoms with Crippen LogP contribution >= 0.6 is 0 Å². The second-order valence-corrected chi connectivity index (χ2v) is 6.06. The zero-order chi connectivity index (χ0) is 18.8. The first kappa shape index (κ1) is 17.0. The van der Waals surface area contributed by atoms with Crippen molar-refractivity contribution >= 4 is 11.9 Å². The van der Waals surface area contributed by atoms with Gasteiger partial charge in [0.05, 0.1) is 5.56 Å². The van der Waals surface area contributed by atoms with Crippen LogP contribution in [-0.4, -0.2) is 5.78 Å². The molecule has 3 aromatic carbocycles. The largest absolute Gasteiger partial charge is 0.489 e. The summed E-state index contributed by atoms with van der Waals surface area (Å²) in [5, 5.41) is 0. The SMILES string of the molecule is O=C1/C(=C/c2ccc(F)cc2)Oc2cc(OCc3ccc(F)cc3)ccc21. The standard InChI is InChI=1S/C22H14F2O3/c23-16-5-1-14(2-6-16)11-21-22(25)19-10-9-18(12-20(19)27-21)26-13-15-3-7-17(24)8-4-15/h1-12H,13H2/b21-11-. The molecule has 1 aliphatic heterocycles.